The number of anilines is 1. The summed E-state index contributed by atoms with van der Waals surface area (Å²) in [5.74, 6) is 0.565. The van der Waals surface area contributed by atoms with Crippen molar-refractivity contribution in [1.29, 1.82) is 0 Å². The number of aryl methyl sites for hydroxylation is 1. The molecule has 3 heterocycles. The van der Waals surface area contributed by atoms with Gasteiger partial charge in [0.1, 0.15) is 16.6 Å². The molecule has 0 amide bonds. The van der Waals surface area contributed by atoms with Crippen LogP contribution in [0, 0.1) is 0 Å². The molecule has 1 aliphatic carbocycles. The van der Waals surface area contributed by atoms with Gasteiger partial charge in [-0.15, -0.1) is 0 Å². The summed E-state index contributed by atoms with van der Waals surface area (Å²) in [5, 5.41) is 4.36. The molecule has 2 aliphatic rings. The van der Waals surface area contributed by atoms with Crippen molar-refractivity contribution in [3.05, 3.63) is 58.5 Å². The second-order valence-corrected chi connectivity index (χ2v) is 10.5. The van der Waals surface area contributed by atoms with Gasteiger partial charge in [-0.3, -0.25) is 9.36 Å². The highest BCUT2D eigenvalue weighted by atomic mass is 32.2. The second kappa shape index (κ2) is 9.73. The van der Waals surface area contributed by atoms with Crippen molar-refractivity contribution in [2.24, 2.45) is 0 Å². The molecule has 0 radical (unpaired) electrons. The lowest BCUT2D eigenvalue weighted by molar-refractivity contribution is 0.345. The van der Waals surface area contributed by atoms with E-state index in [1.54, 1.807) is 12.3 Å². The summed E-state index contributed by atoms with van der Waals surface area (Å²) in [4.78, 5) is 22.8. The molecular formula is C25H31N5O2S. The summed E-state index contributed by atoms with van der Waals surface area (Å²) in [6, 6.07) is 12.0. The Morgan fingerprint density at radius 1 is 1.09 bits per heavy atom. The Labute approximate surface area is 196 Å². The van der Waals surface area contributed by atoms with Crippen molar-refractivity contribution >= 4 is 28.0 Å². The molecule has 5 rings (SSSR count). The van der Waals surface area contributed by atoms with E-state index in [9.17, 15) is 9.00 Å². The third-order valence-corrected chi connectivity index (χ3v) is 8.38. The Balaban J connectivity index is 1.28. The largest absolute Gasteiger partial charge is 0.351 e. The summed E-state index contributed by atoms with van der Waals surface area (Å²) >= 11 is 0. The van der Waals surface area contributed by atoms with Crippen LogP contribution in [0.1, 0.15) is 57.1 Å². The van der Waals surface area contributed by atoms with Gasteiger partial charge in [0.25, 0.3) is 5.56 Å². The van der Waals surface area contributed by atoms with Gasteiger partial charge >= 0.3 is 0 Å². The van der Waals surface area contributed by atoms with Gasteiger partial charge in [0.2, 0.25) is 5.95 Å². The zero-order valence-electron chi connectivity index (χ0n) is 19.1. The number of hydrogen-bond donors (Lipinski definition) is 1. The van der Waals surface area contributed by atoms with Crippen LogP contribution in [0.25, 0.3) is 11.0 Å². The van der Waals surface area contributed by atoms with Crippen molar-refractivity contribution in [2.75, 3.05) is 18.4 Å². The molecule has 174 valence electrons. The first-order chi connectivity index (χ1) is 16.1. The maximum Gasteiger partial charge on any atom is 0.252 e. The average molecular weight is 466 g/mol. The molecule has 33 heavy (non-hydrogen) atoms. The first kappa shape index (κ1) is 22.2. The van der Waals surface area contributed by atoms with Gasteiger partial charge in [-0.05, 0) is 55.9 Å². The van der Waals surface area contributed by atoms with Gasteiger partial charge in [-0.2, -0.15) is 4.98 Å². The first-order valence-electron chi connectivity index (χ1n) is 12.0. The number of aromatic nitrogens is 3. The predicted octanol–water partition coefficient (Wildman–Crippen LogP) is 4.07. The van der Waals surface area contributed by atoms with Gasteiger partial charge in [0, 0.05) is 42.8 Å². The minimum atomic E-state index is -1.13. The number of fused-ring (bicyclic) bond motifs is 1. The molecule has 3 aromatic rings. The summed E-state index contributed by atoms with van der Waals surface area (Å²) in [5.41, 5.74) is 1.95. The number of benzene rings is 1. The second-order valence-electron chi connectivity index (χ2n) is 9.05. The fourth-order valence-corrected chi connectivity index (χ4v) is 6.28. The molecule has 1 N–H and O–H groups in total. The van der Waals surface area contributed by atoms with Gasteiger partial charge in [0.15, 0.2) is 0 Å². The van der Waals surface area contributed by atoms with E-state index >= 15 is 0 Å². The zero-order chi connectivity index (χ0) is 22.8. The first-order valence-corrected chi connectivity index (χ1v) is 13.1. The number of nitrogens with zero attached hydrogens (tertiary/aromatic N) is 4. The highest BCUT2D eigenvalue weighted by Crippen LogP contribution is 2.30. The van der Waals surface area contributed by atoms with Gasteiger partial charge in [0.05, 0.1) is 4.90 Å². The van der Waals surface area contributed by atoms with Gasteiger partial charge < -0.3 is 5.32 Å². The van der Waals surface area contributed by atoms with E-state index in [0.29, 0.717) is 5.95 Å². The van der Waals surface area contributed by atoms with Crippen molar-refractivity contribution in [3.63, 3.8) is 0 Å². The van der Waals surface area contributed by atoms with E-state index in [-0.39, 0.29) is 17.6 Å². The molecule has 0 bridgehead atoms. The van der Waals surface area contributed by atoms with Crippen molar-refractivity contribution < 1.29 is 4.21 Å². The molecule has 1 aromatic carbocycles. The Bertz CT molecular complexity index is 1210. The van der Waals surface area contributed by atoms with E-state index in [1.165, 1.54) is 5.56 Å². The lowest BCUT2D eigenvalue weighted by Crippen LogP contribution is -2.40. The number of nitrogens with one attached hydrogen (secondary N) is 1. The zero-order valence-corrected chi connectivity index (χ0v) is 19.9. The Morgan fingerprint density at radius 2 is 1.88 bits per heavy atom. The van der Waals surface area contributed by atoms with E-state index in [0.717, 1.165) is 74.0 Å². The molecular weight excluding hydrogens is 434 g/mol. The van der Waals surface area contributed by atoms with E-state index in [2.05, 4.69) is 23.3 Å². The quantitative estimate of drug-likeness (QED) is 0.594. The molecule has 8 heteroatoms. The molecule has 1 atom stereocenters. The maximum absolute atomic E-state index is 13.0. The monoisotopic (exact) mass is 465 g/mol. The van der Waals surface area contributed by atoms with Crippen LogP contribution < -0.4 is 10.9 Å². The van der Waals surface area contributed by atoms with Crippen molar-refractivity contribution in [2.45, 2.75) is 68.8 Å². The van der Waals surface area contributed by atoms with Crippen molar-refractivity contribution in [3.8, 4) is 0 Å². The van der Waals surface area contributed by atoms with Crippen LogP contribution in [0.15, 0.2) is 52.3 Å². The third kappa shape index (κ3) is 4.73. The molecule has 1 unspecified atom stereocenters. The minimum Gasteiger partial charge on any atom is -0.351 e. The topological polar surface area (TPSA) is 80.1 Å². The Kier molecular flexibility index (Phi) is 6.55. The van der Waals surface area contributed by atoms with Crippen LogP contribution in [-0.2, 0) is 17.4 Å². The number of piperidine rings is 1. The van der Waals surface area contributed by atoms with Crippen LogP contribution >= 0.6 is 0 Å². The summed E-state index contributed by atoms with van der Waals surface area (Å²) in [7, 11) is -1.13. The van der Waals surface area contributed by atoms with Crippen LogP contribution in [-0.4, -0.2) is 42.2 Å². The molecule has 1 saturated heterocycles. The maximum atomic E-state index is 13.0. The van der Waals surface area contributed by atoms with Crippen LogP contribution in [0.4, 0.5) is 5.95 Å². The summed E-state index contributed by atoms with van der Waals surface area (Å²) in [6.45, 7) is 3.61. The van der Waals surface area contributed by atoms with E-state index in [4.69, 9.17) is 4.98 Å². The molecule has 7 nitrogen and oxygen atoms in total. The average Bonchev–Trinajstić information content (AvgIpc) is 3.38. The Morgan fingerprint density at radius 3 is 2.64 bits per heavy atom. The molecule has 1 aliphatic heterocycles. The highest BCUT2D eigenvalue weighted by molar-refractivity contribution is 7.82. The fraction of sp³-hybridized carbons (Fsp3) is 0.480. The summed E-state index contributed by atoms with van der Waals surface area (Å²) < 4.78 is 16.9. The lowest BCUT2D eigenvalue weighted by Gasteiger charge is -2.31. The minimum absolute atomic E-state index is 0.0157. The Hall–Kier alpha value is -2.58. The molecule has 1 saturated carbocycles. The number of rotatable bonds is 6. The number of hydrogen-bond acceptors (Lipinski definition) is 5. The van der Waals surface area contributed by atoms with Crippen LogP contribution in [0.5, 0.6) is 0 Å². The SMILES string of the molecule is CCc1cccc(S(=O)N2CCC(Nc3ncc4ccc(=O)n(C5CCCC5)c4n3)CC2)c1. The molecule has 2 fully saturated rings. The number of pyridine rings is 1. The fourth-order valence-electron chi connectivity index (χ4n) is 4.99. The van der Waals surface area contributed by atoms with Crippen LogP contribution in [0.2, 0.25) is 0 Å². The van der Waals surface area contributed by atoms with Crippen LogP contribution in [0.3, 0.4) is 0 Å². The highest BCUT2D eigenvalue weighted by Gasteiger charge is 2.25. The third-order valence-electron chi connectivity index (χ3n) is 6.89. The molecule has 0 spiro atoms. The normalized spacial score (nSPS) is 19.2. The summed E-state index contributed by atoms with van der Waals surface area (Å²) in [6.07, 6.45) is 8.86. The molecule has 2 aromatic heterocycles. The van der Waals surface area contributed by atoms with E-state index < -0.39 is 11.0 Å². The predicted molar refractivity (Wildman–Crippen MR) is 132 cm³/mol. The van der Waals surface area contributed by atoms with E-state index in [1.807, 2.05) is 33.1 Å². The van der Waals surface area contributed by atoms with Gasteiger partial charge in [-0.25, -0.2) is 13.5 Å². The van der Waals surface area contributed by atoms with Gasteiger partial charge in [-0.1, -0.05) is 31.9 Å². The standard InChI is InChI=1S/C25H31N5O2S/c1-2-18-6-5-9-22(16-18)33(32)29-14-12-20(13-15-29)27-25-26-17-19-10-11-23(31)30(24(19)28-25)21-7-3-4-8-21/h5-6,9-11,16-17,20-21H,2-4,7-8,12-15H2,1H3,(H,26,27,28). The lowest BCUT2D eigenvalue weighted by atomic mass is 10.1. The smallest absolute Gasteiger partial charge is 0.252 e. The van der Waals surface area contributed by atoms with Crippen molar-refractivity contribution in [1.82, 2.24) is 18.8 Å².